The molecule has 1 aliphatic heterocycles. The van der Waals surface area contributed by atoms with Crippen LogP contribution in [0.4, 0.5) is 5.69 Å². The molecule has 1 aromatic carbocycles. The lowest BCUT2D eigenvalue weighted by Crippen LogP contribution is -2.36. The van der Waals surface area contributed by atoms with Gasteiger partial charge in [-0.25, -0.2) is 0 Å². The fourth-order valence-corrected chi connectivity index (χ4v) is 4.00. The number of piperidine rings is 1. The van der Waals surface area contributed by atoms with E-state index >= 15 is 0 Å². The van der Waals surface area contributed by atoms with Gasteiger partial charge in [-0.1, -0.05) is 0 Å². The van der Waals surface area contributed by atoms with Crippen molar-refractivity contribution in [2.45, 2.75) is 25.7 Å². The van der Waals surface area contributed by atoms with Crippen LogP contribution in [0.1, 0.15) is 41.6 Å². The first-order chi connectivity index (χ1) is 13.1. The van der Waals surface area contributed by atoms with E-state index in [0.717, 1.165) is 25.9 Å². The minimum atomic E-state index is -0.399. The first kappa shape index (κ1) is 17.6. The summed E-state index contributed by atoms with van der Waals surface area (Å²) in [5, 5.41) is 21.8. The van der Waals surface area contributed by atoms with Gasteiger partial charge in [-0.05, 0) is 49.3 Å². The highest BCUT2D eigenvalue weighted by Crippen LogP contribution is 2.54. The SMILES string of the molecule is N#Cc1c(N2CCC3(CC2)CC3)c2cc(C(=O)NCCO)ccc2[nH]c1=O. The van der Waals surface area contributed by atoms with E-state index < -0.39 is 5.56 Å². The predicted molar refractivity (Wildman–Crippen MR) is 102 cm³/mol. The van der Waals surface area contributed by atoms with Gasteiger partial charge < -0.3 is 20.3 Å². The van der Waals surface area contributed by atoms with Crippen LogP contribution in [0.3, 0.4) is 0 Å². The van der Waals surface area contributed by atoms with Gasteiger partial charge >= 0.3 is 0 Å². The van der Waals surface area contributed by atoms with Gasteiger partial charge in [0.1, 0.15) is 11.6 Å². The summed E-state index contributed by atoms with van der Waals surface area (Å²) >= 11 is 0. The first-order valence-electron chi connectivity index (χ1n) is 9.31. The van der Waals surface area contributed by atoms with Gasteiger partial charge in [0, 0.05) is 30.6 Å². The van der Waals surface area contributed by atoms with E-state index in [0.29, 0.717) is 27.6 Å². The molecule has 0 radical (unpaired) electrons. The van der Waals surface area contributed by atoms with Crippen molar-refractivity contribution in [3.05, 3.63) is 39.7 Å². The van der Waals surface area contributed by atoms with Crippen molar-refractivity contribution in [1.29, 1.82) is 5.26 Å². The van der Waals surface area contributed by atoms with Crippen LogP contribution in [0.5, 0.6) is 0 Å². The Hall–Kier alpha value is -2.85. The van der Waals surface area contributed by atoms with Gasteiger partial charge in [0.05, 0.1) is 17.8 Å². The number of hydrogen-bond donors (Lipinski definition) is 3. The number of aromatic nitrogens is 1. The van der Waals surface area contributed by atoms with E-state index in [1.54, 1.807) is 18.2 Å². The molecular formula is C20H22N4O3. The van der Waals surface area contributed by atoms with Crippen molar-refractivity contribution in [1.82, 2.24) is 10.3 Å². The Morgan fingerprint density at radius 2 is 2.04 bits per heavy atom. The molecule has 2 heterocycles. The van der Waals surface area contributed by atoms with Crippen molar-refractivity contribution in [2.24, 2.45) is 5.41 Å². The van der Waals surface area contributed by atoms with Crippen molar-refractivity contribution in [3.63, 3.8) is 0 Å². The summed E-state index contributed by atoms with van der Waals surface area (Å²) in [6.07, 6.45) is 4.69. The fourth-order valence-electron chi connectivity index (χ4n) is 4.00. The summed E-state index contributed by atoms with van der Waals surface area (Å²) in [7, 11) is 0. The van der Waals surface area contributed by atoms with Crippen molar-refractivity contribution in [2.75, 3.05) is 31.1 Å². The number of aromatic amines is 1. The van der Waals surface area contributed by atoms with Gasteiger partial charge in [0.25, 0.3) is 11.5 Å². The Morgan fingerprint density at radius 1 is 1.30 bits per heavy atom. The van der Waals surface area contributed by atoms with Crippen LogP contribution >= 0.6 is 0 Å². The number of rotatable bonds is 4. The van der Waals surface area contributed by atoms with E-state index in [4.69, 9.17) is 5.11 Å². The van der Waals surface area contributed by atoms with E-state index in [-0.39, 0.29) is 24.6 Å². The molecule has 1 saturated carbocycles. The average Bonchev–Trinajstić information content (AvgIpc) is 3.44. The van der Waals surface area contributed by atoms with Gasteiger partial charge in [0.15, 0.2) is 0 Å². The van der Waals surface area contributed by atoms with Crippen molar-refractivity contribution < 1.29 is 9.90 Å². The third-order valence-corrected chi connectivity index (χ3v) is 5.86. The summed E-state index contributed by atoms with van der Waals surface area (Å²) in [5.74, 6) is -0.294. The number of pyridine rings is 1. The maximum atomic E-state index is 12.4. The van der Waals surface area contributed by atoms with Crippen LogP contribution in [0.25, 0.3) is 10.9 Å². The molecule has 1 saturated heterocycles. The van der Waals surface area contributed by atoms with Crippen LogP contribution in [0.2, 0.25) is 0 Å². The van der Waals surface area contributed by atoms with E-state index in [1.807, 2.05) is 0 Å². The molecule has 140 valence electrons. The monoisotopic (exact) mass is 366 g/mol. The third kappa shape index (κ3) is 3.17. The Labute approximate surface area is 156 Å². The number of aliphatic hydroxyl groups is 1. The summed E-state index contributed by atoms with van der Waals surface area (Å²) in [6.45, 7) is 1.67. The molecule has 7 nitrogen and oxygen atoms in total. The summed E-state index contributed by atoms with van der Waals surface area (Å²) < 4.78 is 0. The molecule has 0 atom stereocenters. The highest BCUT2D eigenvalue weighted by Gasteiger charge is 2.44. The number of benzene rings is 1. The number of H-pyrrole nitrogens is 1. The molecule has 0 bridgehead atoms. The zero-order valence-electron chi connectivity index (χ0n) is 15.0. The van der Waals surface area contributed by atoms with E-state index in [1.165, 1.54) is 12.8 Å². The molecule has 1 spiro atoms. The number of nitrogens with one attached hydrogen (secondary N) is 2. The van der Waals surface area contributed by atoms with Gasteiger partial charge in [0.2, 0.25) is 0 Å². The van der Waals surface area contributed by atoms with Crippen molar-refractivity contribution >= 4 is 22.5 Å². The number of nitrogens with zero attached hydrogens (tertiary/aromatic N) is 2. The number of aliphatic hydroxyl groups excluding tert-OH is 1. The molecule has 0 unspecified atom stereocenters. The minimum Gasteiger partial charge on any atom is -0.395 e. The van der Waals surface area contributed by atoms with Crippen LogP contribution in [-0.4, -0.2) is 42.2 Å². The zero-order valence-corrected chi connectivity index (χ0v) is 15.0. The van der Waals surface area contributed by atoms with E-state index in [2.05, 4.69) is 21.3 Å². The Bertz CT molecular complexity index is 991. The average molecular weight is 366 g/mol. The lowest BCUT2D eigenvalue weighted by Gasteiger charge is -2.34. The van der Waals surface area contributed by atoms with Crippen LogP contribution < -0.4 is 15.8 Å². The summed E-state index contributed by atoms with van der Waals surface area (Å²) in [4.78, 5) is 29.6. The van der Waals surface area contributed by atoms with Gasteiger partial charge in [-0.2, -0.15) is 5.26 Å². The number of fused-ring (bicyclic) bond motifs is 1. The molecule has 1 aliphatic carbocycles. The Morgan fingerprint density at radius 3 is 2.67 bits per heavy atom. The number of carbonyl (C=O) groups excluding carboxylic acids is 1. The van der Waals surface area contributed by atoms with Gasteiger partial charge in [-0.15, -0.1) is 0 Å². The Kier molecular flexibility index (Phi) is 4.36. The minimum absolute atomic E-state index is 0.0992. The molecule has 7 heteroatoms. The number of anilines is 1. The highest BCUT2D eigenvalue weighted by atomic mass is 16.3. The number of hydrogen-bond acceptors (Lipinski definition) is 5. The molecule has 1 amide bonds. The zero-order chi connectivity index (χ0) is 19.0. The number of nitriles is 1. The number of amides is 1. The molecular weight excluding hydrogens is 344 g/mol. The lowest BCUT2D eigenvalue weighted by atomic mass is 9.92. The molecule has 2 fully saturated rings. The number of carbonyl (C=O) groups is 1. The fraction of sp³-hybridized carbons (Fsp3) is 0.450. The molecule has 27 heavy (non-hydrogen) atoms. The largest absolute Gasteiger partial charge is 0.395 e. The van der Waals surface area contributed by atoms with Gasteiger partial charge in [-0.3, -0.25) is 9.59 Å². The van der Waals surface area contributed by atoms with Crippen molar-refractivity contribution in [3.8, 4) is 6.07 Å². The quantitative estimate of drug-likeness (QED) is 0.760. The van der Waals surface area contributed by atoms with Crippen LogP contribution in [0, 0.1) is 16.7 Å². The second-order valence-corrected chi connectivity index (χ2v) is 7.52. The smallest absolute Gasteiger partial charge is 0.268 e. The molecule has 2 aromatic rings. The molecule has 2 aliphatic rings. The lowest BCUT2D eigenvalue weighted by molar-refractivity contribution is 0.0945. The predicted octanol–water partition coefficient (Wildman–Crippen LogP) is 1.50. The van der Waals surface area contributed by atoms with Crippen LogP contribution in [0.15, 0.2) is 23.0 Å². The summed E-state index contributed by atoms with van der Waals surface area (Å²) in [5.41, 5.74) is 1.86. The second-order valence-electron chi connectivity index (χ2n) is 7.52. The molecule has 4 rings (SSSR count). The highest BCUT2D eigenvalue weighted by molar-refractivity contribution is 6.02. The molecule has 3 N–H and O–H groups in total. The first-order valence-corrected chi connectivity index (χ1v) is 9.31. The normalized spacial score (nSPS) is 17.7. The van der Waals surface area contributed by atoms with Crippen LogP contribution in [-0.2, 0) is 0 Å². The second kappa shape index (κ2) is 6.71. The Balaban J connectivity index is 1.79. The summed E-state index contributed by atoms with van der Waals surface area (Å²) in [6, 6.07) is 7.10. The topological polar surface area (TPSA) is 109 Å². The molecule has 1 aromatic heterocycles. The third-order valence-electron chi connectivity index (χ3n) is 5.86. The maximum absolute atomic E-state index is 12.4. The standard InChI is InChI=1S/C20H22N4O3/c21-12-15-17(24-8-5-20(3-4-20)6-9-24)14-11-13(18(26)22-7-10-25)1-2-16(14)23-19(15)27/h1-2,11,25H,3-10H2,(H,22,26)(H,23,27). The maximum Gasteiger partial charge on any atom is 0.268 e. The van der Waals surface area contributed by atoms with E-state index in [9.17, 15) is 14.9 Å².